The second-order valence-electron chi connectivity index (χ2n) is 4.89. The highest BCUT2D eigenvalue weighted by Gasteiger charge is 2.48. The van der Waals surface area contributed by atoms with E-state index >= 15 is 0 Å². The molecule has 0 aliphatic carbocycles. The number of amides is 3. The van der Waals surface area contributed by atoms with E-state index < -0.39 is 23.6 Å². The highest BCUT2D eigenvalue weighted by atomic mass is 16.3. The van der Waals surface area contributed by atoms with Crippen LogP contribution in [0.2, 0.25) is 0 Å². The maximum absolute atomic E-state index is 12.0. The minimum absolute atomic E-state index is 0.540. The van der Waals surface area contributed by atoms with Gasteiger partial charge in [-0.1, -0.05) is 60.7 Å². The molecule has 1 heterocycles. The Morgan fingerprint density at radius 2 is 1.33 bits per heavy atom. The van der Waals surface area contributed by atoms with E-state index in [4.69, 9.17) is 0 Å². The number of hydrogen-bond donors (Lipinski definition) is 3. The minimum atomic E-state index is -1.63. The summed E-state index contributed by atoms with van der Waals surface area (Å²) in [4.78, 5) is 23.4. The number of aliphatic hydroxyl groups is 1. The maximum Gasteiger partial charge on any atom is 0.322 e. The van der Waals surface area contributed by atoms with Crippen LogP contribution in [0.5, 0.6) is 0 Å². The molecule has 0 saturated carbocycles. The molecule has 0 bridgehead atoms. The molecular formula is C16H14N2O3. The largest absolute Gasteiger partial charge is 0.378 e. The summed E-state index contributed by atoms with van der Waals surface area (Å²) < 4.78 is 0. The van der Waals surface area contributed by atoms with Gasteiger partial charge in [-0.3, -0.25) is 10.1 Å². The Balaban J connectivity index is 2.16. The second-order valence-corrected chi connectivity index (χ2v) is 4.89. The van der Waals surface area contributed by atoms with Crippen molar-refractivity contribution in [2.75, 3.05) is 0 Å². The first-order valence-corrected chi connectivity index (χ1v) is 6.57. The zero-order valence-electron chi connectivity index (χ0n) is 11.1. The number of imide groups is 1. The molecule has 1 atom stereocenters. The van der Waals surface area contributed by atoms with Gasteiger partial charge in [0.1, 0.15) is 11.6 Å². The van der Waals surface area contributed by atoms with Crippen LogP contribution in [0, 0.1) is 0 Å². The fourth-order valence-electron chi connectivity index (χ4n) is 2.60. The standard InChI is InChI=1S/C16H14N2O3/c19-14-13(17-15(20)18-14)16(21,11-7-3-1-4-8-11)12-9-5-2-6-10-12/h1-10,13,21H,(H2,17,18,19,20). The lowest BCUT2D eigenvalue weighted by molar-refractivity contribution is -0.125. The van der Waals surface area contributed by atoms with Crippen LogP contribution in [0.4, 0.5) is 4.79 Å². The van der Waals surface area contributed by atoms with E-state index in [1.54, 1.807) is 48.5 Å². The SMILES string of the molecule is O=C1NC(=O)C(C(O)(c2ccccc2)c2ccccc2)N1. The summed E-state index contributed by atoms with van der Waals surface area (Å²) in [5.74, 6) is -0.546. The summed E-state index contributed by atoms with van der Waals surface area (Å²) in [5.41, 5.74) is -0.546. The molecule has 0 radical (unpaired) electrons. The van der Waals surface area contributed by atoms with Crippen LogP contribution >= 0.6 is 0 Å². The van der Waals surface area contributed by atoms with E-state index in [1.807, 2.05) is 12.1 Å². The van der Waals surface area contributed by atoms with Gasteiger partial charge in [-0.15, -0.1) is 0 Å². The van der Waals surface area contributed by atoms with Crippen molar-refractivity contribution in [2.45, 2.75) is 11.6 Å². The normalized spacial score (nSPS) is 18.2. The zero-order chi connectivity index (χ0) is 14.9. The number of benzene rings is 2. The predicted octanol–water partition coefficient (Wildman–Crippen LogP) is 1.13. The number of carbonyl (C=O) groups excluding carboxylic acids is 2. The van der Waals surface area contributed by atoms with Gasteiger partial charge in [-0.2, -0.15) is 0 Å². The van der Waals surface area contributed by atoms with Crippen molar-refractivity contribution in [1.82, 2.24) is 10.6 Å². The molecule has 1 unspecified atom stereocenters. The van der Waals surface area contributed by atoms with E-state index in [0.29, 0.717) is 11.1 Å². The van der Waals surface area contributed by atoms with Crippen molar-refractivity contribution in [2.24, 2.45) is 0 Å². The van der Waals surface area contributed by atoms with Crippen molar-refractivity contribution in [3.05, 3.63) is 71.8 Å². The molecule has 1 fully saturated rings. The van der Waals surface area contributed by atoms with Gasteiger partial charge in [-0.25, -0.2) is 4.79 Å². The lowest BCUT2D eigenvalue weighted by Crippen LogP contribution is -2.50. The minimum Gasteiger partial charge on any atom is -0.378 e. The first-order valence-electron chi connectivity index (χ1n) is 6.57. The summed E-state index contributed by atoms with van der Waals surface area (Å²) in [7, 11) is 0. The van der Waals surface area contributed by atoms with E-state index in [9.17, 15) is 14.7 Å². The molecule has 3 amide bonds. The van der Waals surface area contributed by atoms with E-state index in [1.165, 1.54) is 0 Å². The van der Waals surface area contributed by atoms with Crippen LogP contribution in [-0.4, -0.2) is 23.1 Å². The van der Waals surface area contributed by atoms with Gasteiger partial charge >= 0.3 is 6.03 Å². The van der Waals surface area contributed by atoms with Gasteiger partial charge in [0.15, 0.2) is 0 Å². The first-order chi connectivity index (χ1) is 10.1. The smallest absolute Gasteiger partial charge is 0.322 e. The van der Waals surface area contributed by atoms with Crippen molar-refractivity contribution in [3.63, 3.8) is 0 Å². The quantitative estimate of drug-likeness (QED) is 0.738. The molecule has 0 spiro atoms. The number of nitrogens with one attached hydrogen (secondary N) is 2. The summed E-state index contributed by atoms with van der Waals surface area (Å²) >= 11 is 0. The van der Waals surface area contributed by atoms with Crippen LogP contribution in [0.25, 0.3) is 0 Å². The molecule has 1 aliphatic rings. The molecule has 5 nitrogen and oxygen atoms in total. The van der Waals surface area contributed by atoms with Crippen LogP contribution in [0.15, 0.2) is 60.7 Å². The molecular weight excluding hydrogens is 268 g/mol. The summed E-state index contributed by atoms with van der Waals surface area (Å²) in [6.45, 7) is 0. The summed E-state index contributed by atoms with van der Waals surface area (Å²) in [6.07, 6.45) is 0. The average Bonchev–Trinajstić information content (AvgIpc) is 2.87. The van der Waals surface area contributed by atoms with Gasteiger partial charge in [0.05, 0.1) is 0 Å². The van der Waals surface area contributed by atoms with Crippen LogP contribution in [0.3, 0.4) is 0 Å². The molecule has 106 valence electrons. The molecule has 5 heteroatoms. The van der Waals surface area contributed by atoms with Gasteiger partial charge in [0.2, 0.25) is 0 Å². The highest BCUT2D eigenvalue weighted by Crippen LogP contribution is 2.34. The highest BCUT2D eigenvalue weighted by molar-refractivity contribution is 6.05. The Morgan fingerprint density at radius 1 is 0.857 bits per heavy atom. The first kappa shape index (κ1) is 13.3. The Bertz CT molecular complexity index is 631. The van der Waals surface area contributed by atoms with Gasteiger partial charge in [-0.05, 0) is 11.1 Å². The monoisotopic (exact) mass is 282 g/mol. The Labute approximate surface area is 121 Å². The fourth-order valence-corrected chi connectivity index (χ4v) is 2.60. The summed E-state index contributed by atoms with van der Waals surface area (Å²) in [6, 6.07) is 16.0. The lowest BCUT2D eigenvalue weighted by Gasteiger charge is -2.33. The topological polar surface area (TPSA) is 78.4 Å². The zero-order valence-corrected chi connectivity index (χ0v) is 11.1. The molecule has 1 aliphatic heterocycles. The molecule has 2 aromatic carbocycles. The Morgan fingerprint density at radius 3 is 1.71 bits per heavy atom. The number of urea groups is 1. The predicted molar refractivity (Wildman–Crippen MR) is 76.3 cm³/mol. The van der Waals surface area contributed by atoms with Crippen molar-refractivity contribution in [1.29, 1.82) is 0 Å². The molecule has 3 rings (SSSR count). The summed E-state index contributed by atoms with van der Waals surface area (Å²) in [5, 5.41) is 15.9. The molecule has 21 heavy (non-hydrogen) atoms. The van der Waals surface area contributed by atoms with Gasteiger partial charge in [0, 0.05) is 0 Å². The van der Waals surface area contributed by atoms with Crippen molar-refractivity contribution >= 4 is 11.9 Å². The van der Waals surface area contributed by atoms with Gasteiger partial charge < -0.3 is 10.4 Å². The van der Waals surface area contributed by atoms with Crippen molar-refractivity contribution in [3.8, 4) is 0 Å². The molecule has 1 saturated heterocycles. The van der Waals surface area contributed by atoms with Gasteiger partial charge in [0.25, 0.3) is 5.91 Å². The van der Waals surface area contributed by atoms with Crippen LogP contribution < -0.4 is 10.6 Å². The van der Waals surface area contributed by atoms with Crippen molar-refractivity contribution < 1.29 is 14.7 Å². The fraction of sp³-hybridized carbons (Fsp3) is 0.125. The lowest BCUT2D eigenvalue weighted by atomic mass is 9.80. The molecule has 2 aromatic rings. The van der Waals surface area contributed by atoms with E-state index in [-0.39, 0.29) is 0 Å². The maximum atomic E-state index is 12.0. The third-order valence-electron chi connectivity index (χ3n) is 3.62. The van der Waals surface area contributed by atoms with Crippen LogP contribution in [-0.2, 0) is 10.4 Å². The third kappa shape index (κ3) is 2.17. The van der Waals surface area contributed by atoms with E-state index in [0.717, 1.165) is 0 Å². The Kier molecular flexibility index (Phi) is 3.19. The number of rotatable bonds is 3. The molecule has 3 N–H and O–H groups in total. The molecule has 0 aromatic heterocycles. The van der Waals surface area contributed by atoms with Crippen LogP contribution in [0.1, 0.15) is 11.1 Å². The number of hydrogen-bond acceptors (Lipinski definition) is 3. The average molecular weight is 282 g/mol. The van der Waals surface area contributed by atoms with E-state index in [2.05, 4.69) is 10.6 Å². The number of carbonyl (C=O) groups is 2. The second kappa shape index (κ2) is 5.03. The third-order valence-corrected chi connectivity index (χ3v) is 3.62. The Hall–Kier alpha value is -2.66.